The number of aromatic nitrogens is 1. The molecule has 1 aromatic heterocycles. The van der Waals surface area contributed by atoms with E-state index in [1.807, 2.05) is 25.2 Å². The van der Waals surface area contributed by atoms with Crippen LogP contribution in [-0.2, 0) is 13.0 Å². The third kappa shape index (κ3) is 4.83. The molecule has 0 atom stereocenters. The van der Waals surface area contributed by atoms with Crippen LogP contribution in [0.25, 0.3) is 0 Å². The lowest BCUT2D eigenvalue weighted by atomic mass is 10.1. The van der Waals surface area contributed by atoms with Gasteiger partial charge in [-0.2, -0.15) is 0 Å². The molecule has 0 aliphatic heterocycles. The number of ether oxygens (including phenoxy) is 1. The summed E-state index contributed by atoms with van der Waals surface area (Å²) in [6.45, 7) is 2.93. The highest BCUT2D eigenvalue weighted by Gasteiger charge is 2.07. The number of unbranched alkanes of at least 4 members (excludes halogenated alkanes) is 1. The average Bonchev–Trinajstić information content (AvgIpc) is 2.49. The maximum Gasteiger partial charge on any atom is 0.223 e. The number of hydrogen-bond donors (Lipinski definition) is 1. The van der Waals surface area contributed by atoms with Crippen molar-refractivity contribution in [3.05, 3.63) is 52.1 Å². The minimum Gasteiger partial charge on any atom is -0.439 e. The van der Waals surface area contributed by atoms with Gasteiger partial charge in [-0.1, -0.05) is 25.5 Å². The number of nitrogens with zero attached hydrogens (tertiary/aromatic N) is 1. The van der Waals surface area contributed by atoms with E-state index in [1.54, 1.807) is 6.20 Å². The van der Waals surface area contributed by atoms with Gasteiger partial charge in [0.2, 0.25) is 5.88 Å². The second kappa shape index (κ2) is 8.15. The number of nitrogens with one attached hydrogen (secondary N) is 1. The van der Waals surface area contributed by atoms with Crippen molar-refractivity contribution in [3.8, 4) is 11.6 Å². The molecular weight excluding hydrogens is 328 g/mol. The molecule has 2 rings (SSSR count). The minimum atomic E-state index is 0.647. The van der Waals surface area contributed by atoms with Crippen LogP contribution in [0.1, 0.15) is 30.9 Å². The van der Waals surface area contributed by atoms with Crippen molar-refractivity contribution in [3.63, 3.8) is 0 Å². The Morgan fingerprint density at radius 1 is 1.24 bits per heavy atom. The quantitative estimate of drug-likeness (QED) is 0.787. The van der Waals surface area contributed by atoms with Gasteiger partial charge in [0.15, 0.2) is 0 Å². The Labute approximate surface area is 134 Å². The van der Waals surface area contributed by atoms with Crippen molar-refractivity contribution in [1.82, 2.24) is 10.3 Å². The highest BCUT2D eigenvalue weighted by atomic mass is 79.9. The normalized spacial score (nSPS) is 10.6. The van der Waals surface area contributed by atoms with E-state index in [2.05, 4.69) is 45.3 Å². The predicted octanol–water partition coefficient (Wildman–Crippen LogP) is 4.70. The Balaban J connectivity index is 2.10. The number of rotatable bonds is 7. The van der Waals surface area contributed by atoms with Gasteiger partial charge in [-0.05, 0) is 59.6 Å². The lowest BCUT2D eigenvalue weighted by Crippen LogP contribution is -2.07. The number of aryl methyl sites for hydroxylation is 1. The van der Waals surface area contributed by atoms with Gasteiger partial charge in [0.25, 0.3) is 0 Å². The van der Waals surface area contributed by atoms with Gasteiger partial charge in [-0.25, -0.2) is 4.98 Å². The van der Waals surface area contributed by atoms with E-state index in [0.717, 1.165) is 28.8 Å². The molecule has 1 N–H and O–H groups in total. The van der Waals surface area contributed by atoms with E-state index in [4.69, 9.17) is 4.74 Å². The lowest BCUT2D eigenvalue weighted by Gasteiger charge is -2.10. The minimum absolute atomic E-state index is 0.647. The fraction of sp³-hybridized carbons (Fsp3) is 0.353. The maximum absolute atomic E-state index is 5.90. The van der Waals surface area contributed by atoms with Crippen LogP contribution in [-0.4, -0.2) is 12.0 Å². The Hall–Kier alpha value is -1.39. The third-order valence-corrected chi connectivity index (χ3v) is 3.65. The Morgan fingerprint density at radius 3 is 2.67 bits per heavy atom. The molecule has 1 aromatic carbocycles. The molecule has 112 valence electrons. The molecule has 1 heterocycles. The molecule has 0 fully saturated rings. The number of hydrogen-bond acceptors (Lipinski definition) is 3. The number of benzene rings is 1. The summed E-state index contributed by atoms with van der Waals surface area (Å²) < 4.78 is 6.86. The second-order valence-electron chi connectivity index (χ2n) is 5.00. The van der Waals surface area contributed by atoms with Crippen molar-refractivity contribution < 1.29 is 4.74 Å². The van der Waals surface area contributed by atoms with E-state index in [1.165, 1.54) is 18.4 Å². The zero-order valence-electron chi connectivity index (χ0n) is 12.5. The Kier molecular flexibility index (Phi) is 6.21. The van der Waals surface area contributed by atoms with Crippen LogP contribution in [0.3, 0.4) is 0 Å². The van der Waals surface area contributed by atoms with Crippen molar-refractivity contribution in [2.75, 3.05) is 7.05 Å². The SMILES string of the molecule is CCCCc1ccc(Oc2ncc(Br)cc2CNC)cc1. The summed E-state index contributed by atoms with van der Waals surface area (Å²) in [5.41, 5.74) is 2.38. The Bertz CT molecular complexity index is 570. The monoisotopic (exact) mass is 348 g/mol. The van der Waals surface area contributed by atoms with Gasteiger partial charge < -0.3 is 10.1 Å². The summed E-state index contributed by atoms with van der Waals surface area (Å²) in [5.74, 6) is 1.47. The first-order chi connectivity index (χ1) is 10.2. The molecule has 21 heavy (non-hydrogen) atoms. The number of halogens is 1. The zero-order valence-corrected chi connectivity index (χ0v) is 14.1. The topological polar surface area (TPSA) is 34.1 Å². The molecule has 0 aliphatic rings. The first kappa shape index (κ1) is 16.0. The van der Waals surface area contributed by atoms with Crippen molar-refractivity contribution >= 4 is 15.9 Å². The first-order valence-corrected chi connectivity index (χ1v) is 8.08. The highest BCUT2D eigenvalue weighted by Crippen LogP contribution is 2.26. The fourth-order valence-electron chi connectivity index (χ4n) is 2.09. The maximum atomic E-state index is 5.90. The van der Waals surface area contributed by atoms with Gasteiger partial charge in [0.1, 0.15) is 5.75 Å². The highest BCUT2D eigenvalue weighted by molar-refractivity contribution is 9.10. The van der Waals surface area contributed by atoms with Crippen LogP contribution < -0.4 is 10.1 Å². The largest absolute Gasteiger partial charge is 0.439 e. The summed E-state index contributed by atoms with van der Waals surface area (Å²) >= 11 is 3.44. The summed E-state index contributed by atoms with van der Waals surface area (Å²) in [4.78, 5) is 4.36. The molecule has 0 saturated heterocycles. The summed E-state index contributed by atoms with van der Waals surface area (Å²) in [7, 11) is 1.91. The molecule has 4 heteroatoms. The third-order valence-electron chi connectivity index (χ3n) is 3.22. The molecule has 0 amide bonds. The van der Waals surface area contributed by atoms with Crippen LogP contribution in [0.15, 0.2) is 41.0 Å². The molecule has 0 unspecified atom stereocenters. The average molecular weight is 349 g/mol. The van der Waals surface area contributed by atoms with Crippen molar-refractivity contribution in [2.45, 2.75) is 32.7 Å². The van der Waals surface area contributed by atoms with Gasteiger partial charge in [-0.15, -0.1) is 0 Å². The van der Waals surface area contributed by atoms with Crippen molar-refractivity contribution in [2.24, 2.45) is 0 Å². The van der Waals surface area contributed by atoms with Gasteiger partial charge in [-0.3, -0.25) is 0 Å². The van der Waals surface area contributed by atoms with Crippen LogP contribution >= 0.6 is 15.9 Å². The Morgan fingerprint density at radius 2 is 2.00 bits per heavy atom. The summed E-state index contributed by atoms with van der Waals surface area (Å²) in [6, 6.07) is 10.3. The fourth-order valence-corrected chi connectivity index (χ4v) is 2.47. The number of pyridine rings is 1. The van der Waals surface area contributed by atoms with Gasteiger partial charge in [0.05, 0.1) is 0 Å². The van der Waals surface area contributed by atoms with E-state index in [-0.39, 0.29) is 0 Å². The molecule has 0 spiro atoms. The molecule has 0 bridgehead atoms. The molecule has 2 aromatic rings. The van der Waals surface area contributed by atoms with Gasteiger partial charge >= 0.3 is 0 Å². The van der Waals surface area contributed by atoms with E-state index in [0.29, 0.717) is 5.88 Å². The predicted molar refractivity (Wildman–Crippen MR) is 89.8 cm³/mol. The molecule has 0 radical (unpaired) electrons. The molecule has 3 nitrogen and oxygen atoms in total. The summed E-state index contributed by atoms with van der Waals surface area (Å²) in [6.07, 6.45) is 5.32. The molecule has 0 aliphatic carbocycles. The van der Waals surface area contributed by atoms with E-state index in [9.17, 15) is 0 Å². The smallest absolute Gasteiger partial charge is 0.223 e. The van der Waals surface area contributed by atoms with Crippen molar-refractivity contribution in [1.29, 1.82) is 0 Å². The summed E-state index contributed by atoms with van der Waals surface area (Å²) in [5, 5.41) is 3.13. The van der Waals surface area contributed by atoms with Crippen LogP contribution in [0.2, 0.25) is 0 Å². The van der Waals surface area contributed by atoms with Crippen LogP contribution in [0.4, 0.5) is 0 Å². The van der Waals surface area contributed by atoms with Gasteiger partial charge in [0, 0.05) is 22.8 Å². The molecule has 0 saturated carbocycles. The first-order valence-electron chi connectivity index (χ1n) is 7.28. The van der Waals surface area contributed by atoms with Crippen LogP contribution in [0.5, 0.6) is 11.6 Å². The zero-order chi connectivity index (χ0) is 15.1. The second-order valence-corrected chi connectivity index (χ2v) is 5.91. The standard InChI is InChI=1S/C17H21BrN2O/c1-3-4-5-13-6-8-16(9-7-13)21-17-14(11-19-2)10-15(18)12-20-17/h6-10,12,19H,3-5,11H2,1-2H3. The van der Waals surface area contributed by atoms with E-state index >= 15 is 0 Å². The lowest BCUT2D eigenvalue weighted by molar-refractivity contribution is 0.454. The van der Waals surface area contributed by atoms with Crippen LogP contribution in [0, 0.1) is 0 Å². The molecular formula is C17H21BrN2O. The van der Waals surface area contributed by atoms with E-state index < -0.39 is 0 Å².